The van der Waals surface area contributed by atoms with Crippen LogP contribution in [0.15, 0.2) is 12.4 Å². The molecule has 1 fully saturated rings. The Kier molecular flexibility index (Phi) is 4.24. The van der Waals surface area contributed by atoms with Gasteiger partial charge in [-0.05, 0) is 19.3 Å². The Bertz CT molecular complexity index is 418. The van der Waals surface area contributed by atoms with Crippen LogP contribution in [0, 0.1) is 5.41 Å². The molecule has 5 heteroatoms. The molecule has 1 aromatic heterocycles. The van der Waals surface area contributed by atoms with Crippen LogP contribution in [-0.4, -0.2) is 48.9 Å². The Labute approximate surface area is 115 Å². The summed E-state index contributed by atoms with van der Waals surface area (Å²) in [6.07, 6.45) is 6.78. The minimum Gasteiger partial charge on any atom is -0.396 e. The third-order valence-electron chi connectivity index (χ3n) is 4.14. The van der Waals surface area contributed by atoms with Crippen molar-refractivity contribution >= 4 is 11.6 Å². The second-order valence-electron chi connectivity index (χ2n) is 5.67. The molecule has 0 aromatic carbocycles. The summed E-state index contributed by atoms with van der Waals surface area (Å²) in [4.78, 5) is 13.1. The predicted molar refractivity (Wildman–Crippen MR) is 77.6 cm³/mol. The monoisotopic (exact) mass is 264 g/mol. The molecule has 0 aliphatic carbocycles. The summed E-state index contributed by atoms with van der Waals surface area (Å²) >= 11 is 0. The van der Waals surface area contributed by atoms with Crippen LogP contribution in [0.2, 0.25) is 0 Å². The Morgan fingerprint density at radius 2 is 2.21 bits per heavy atom. The highest BCUT2D eigenvalue weighted by molar-refractivity contribution is 5.45. The Morgan fingerprint density at radius 3 is 2.84 bits per heavy atom. The van der Waals surface area contributed by atoms with Crippen molar-refractivity contribution in [3.8, 4) is 0 Å². The van der Waals surface area contributed by atoms with Crippen molar-refractivity contribution in [3.63, 3.8) is 0 Å². The van der Waals surface area contributed by atoms with E-state index in [9.17, 15) is 5.11 Å². The van der Waals surface area contributed by atoms with Crippen molar-refractivity contribution in [3.05, 3.63) is 12.4 Å². The van der Waals surface area contributed by atoms with Gasteiger partial charge in [0.25, 0.3) is 0 Å². The maximum Gasteiger partial charge on any atom is 0.149 e. The minimum atomic E-state index is 0.0219. The first-order valence-corrected chi connectivity index (χ1v) is 6.95. The number of hydrogen-bond donors (Lipinski definition) is 1. The van der Waals surface area contributed by atoms with Gasteiger partial charge in [0.2, 0.25) is 0 Å². The van der Waals surface area contributed by atoms with Gasteiger partial charge in [0.15, 0.2) is 0 Å². The lowest BCUT2D eigenvalue weighted by atomic mass is 9.78. The van der Waals surface area contributed by atoms with Crippen molar-refractivity contribution in [2.24, 2.45) is 5.41 Å². The summed E-state index contributed by atoms with van der Waals surface area (Å²) in [5.74, 6) is 1.78. The summed E-state index contributed by atoms with van der Waals surface area (Å²) in [7, 11) is 3.93. The van der Waals surface area contributed by atoms with Gasteiger partial charge >= 0.3 is 0 Å². The highest BCUT2D eigenvalue weighted by Crippen LogP contribution is 2.34. The molecule has 2 heterocycles. The summed E-state index contributed by atoms with van der Waals surface area (Å²) in [6, 6.07) is 0. The van der Waals surface area contributed by atoms with Gasteiger partial charge < -0.3 is 14.9 Å². The fourth-order valence-corrected chi connectivity index (χ4v) is 2.65. The molecule has 106 valence electrons. The van der Waals surface area contributed by atoms with Gasteiger partial charge in [-0.2, -0.15) is 0 Å². The van der Waals surface area contributed by atoms with Crippen LogP contribution in [0.4, 0.5) is 11.6 Å². The minimum absolute atomic E-state index is 0.0219. The highest BCUT2D eigenvalue weighted by atomic mass is 16.3. The van der Waals surface area contributed by atoms with E-state index in [-0.39, 0.29) is 12.0 Å². The van der Waals surface area contributed by atoms with Crippen molar-refractivity contribution in [1.29, 1.82) is 0 Å². The lowest BCUT2D eigenvalue weighted by Crippen LogP contribution is -2.45. The molecule has 0 saturated carbocycles. The van der Waals surface area contributed by atoms with E-state index in [0.29, 0.717) is 0 Å². The quantitative estimate of drug-likeness (QED) is 0.894. The zero-order valence-electron chi connectivity index (χ0n) is 12.1. The molecule has 1 saturated heterocycles. The normalized spacial score (nSPS) is 23.5. The second kappa shape index (κ2) is 5.74. The number of aliphatic hydroxyl groups excluding tert-OH is 1. The number of anilines is 2. The fourth-order valence-electron chi connectivity index (χ4n) is 2.65. The SMILES string of the molecule is CC[C@@]1(CO)CCCN(c2cncc(N(C)C)n2)C1. The van der Waals surface area contributed by atoms with Gasteiger partial charge in [0, 0.05) is 32.6 Å². The van der Waals surface area contributed by atoms with Gasteiger partial charge in [0.05, 0.1) is 19.0 Å². The predicted octanol–water partition coefficient (Wildman–Crippen LogP) is 1.53. The molecule has 0 amide bonds. The third kappa shape index (κ3) is 2.97. The van der Waals surface area contributed by atoms with E-state index in [4.69, 9.17) is 0 Å². The van der Waals surface area contributed by atoms with E-state index in [1.807, 2.05) is 25.2 Å². The molecule has 19 heavy (non-hydrogen) atoms. The van der Waals surface area contributed by atoms with E-state index in [1.54, 1.807) is 6.20 Å². The maximum absolute atomic E-state index is 9.68. The topological polar surface area (TPSA) is 52.5 Å². The van der Waals surface area contributed by atoms with Gasteiger partial charge in [-0.1, -0.05) is 6.92 Å². The summed E-state index contributed by atoms with van der Waals surface area (Å²) in [5, 5.41) is 9.68. The lowest BCUT2D eigenvalue weighted by Gasteiger charge is -2.41. The van der Waals surface area contributed by atoms with Gasteiger partial charge in [0.1, 0.15) is 11.6 Å². The molecular formula is C14H24N4O. The van der Waals surface area contributed by atoms with Gasteiger partial charge in [-0.3, -0.25) is 4.98 Å². The number of aliphatic hydroxyl groups is 1. The Balaban J connectivity index is 2.19. The standard InChI is InChI=1S/C14H24N4O/c1-4-14(11-19)6-5-7-18(10-14)13-9-15-8-12(16-13)17(2)3/h8-9,19H,4-7,10-11H2,1-3H3/t14-/m1/s1. The average molecular weight is 264 g/mol. The number of hydrogen-bond acceptors (Lipinski definition) is 5. The van der Waals surface area contributed by atoms with Crippen LogP contribution in [-0.2, 0) is 0 Å². The largest absolute Gasteiger partial charge is 0.396 e. The first-order valence-electron chi connectivity index (χ1n) is 6.95. The third-order valence-corrected chi connectivity index (χ3v) is 4.14. The van der Waals surface area contributed by atoms with Crippen LogP contribution >= 0.6 is 0 Å². The molecular weight excluding hydrogens is 240 g/mol. The van der Waals surface area contributed by atoms with Gasteiger partial charge in [-0.15, -0.1) is 0 Å². The zero-order chi connectivity index (χ0) is 13.9. The van der Waals surface area contributed by atoms with E-state index >= 15 is 0 Å². The molecule has 2 rings (SSSR count). The average Bonchev–Trinajstić information content (AvgIpc) is 2.47. The molecule has 0 bridgehead atoms. The van der Waals surface area contributed by atoms with Crippen LogP contribution in [0.3, 0.4) is 0 Å². The molecule has 1 atom stereocenters. The molecule has 0 unspecified atom stereocenters. The zero-order valence-corrected chi connectivity index (χ0v) is 12.1. The number of piperidine rings is 1. The highest BCUT2D eigenvalue weighted by Gasteiger charge is 2.33. The van der Waals surface area contributed by atoms with E-state index in [0.717, 1.165) is 44.0 Å². The summed E-state index contributed by atoms with van der Waals surface area (Å²) < 4.78 is 0. The van der Waals surface area contributed by atoms with Crippen LogP contribution < -0.4 is 9.80 Å². The van der Waals surface area contributed by atoms with Crippen molar-refractivity contribution in [1.82, 2.24) is 9.97 Å². The number of aromatic nitrogens is 2. The van der Waals surface area contributed by atoms with Crippen LogP contribution in [0.25, 0.3) is 0 Å². The molecule has 1 N–H and O–H groups in total. The molecule has 0 spiro atoms. The fraction of sp³-hybridized carbons (Fsp3) is 0.714. The van der Waals surface area contributed by atoms with Crippen molar-refractivity contribution < 1.29 is 5.11 Å². The van der Waals surface area contributed by atoms with Crippen LogP contribution in [0.1, 0.15) is 26.2 Å². The van der Waals surface area contributed by atoms with E-state index < -0.39 is 0 Å². The van der Waals surface area contributed by atoms with Crippen molar-refractivity contribution in [2.45, 2.75) is 26.2 Å². The van der Waals surface area contributed by atoms with Crippen molar-refractivity contribution in [2.75, 3.05) is 43.6 Å². The molecule has 1 aliphatic heterocycles. The van der Waals surface area contributed by atoms with Crippen LogP contribution in [0.5, 0.6) is 0 Å². The second-order valence-corrected chi connectivity index (χ2v) is 5.67. The summed E-state index contributed by atoms with van der Waals surface area (Å²) in [5.41, 5.74) is 0.0219. The molecule has 1 aliphatic rings. The Hall–Kier alpha value is -1.36. The Morgan fingerprint density at radius 1 is 1.42 bits per heavy atom. The molecule has 1 aromatic rings. The van der Waals surface area contributed by atoms with E-state index in [2.05, 4.69) is 21.8 Å². The first kappa shape index (κ1) is 14.1. The number of rotatable bonds is 4. The molecule has 5 nitrogen and oxygen atoms in total. The maximum atomic E-state index is 9.68. The first-order chi connectivity index (χ1) is 9.10. The van der Waals surface area contributed by atoms with Gasteiger partial charge in [-0.25, -0.2) is 4.98 Å². The smallest absolute Gasteiger partial charge is 0.149 e. The number of nitrogens with zero attached hydrogens (tertiary/aromatic N) is 4. The van der Waals surface area contributed by atoms with E-state index in [1.165, 1.54) is 0 Å². The lowest BCUT2D eigenvalue weighted by molar-refractivity contribution is 0.101. The molecule has 0 radical (unpaired) electrons. The summed E-state index contributed by atoms with van der Waals surface area (Å²) in [6.45, 7) is 4.27.